The fraction of sp³-hybridized carbons (Fsp3) is 0.111. The molecule has 6 nitrogen and oxygen atoms in total. The van der Waals surface area contributed by atoms with Gasteiger partial charge in [0.2, 0.25) is 0 Å². The number of rotatable bonds is 5. The van der Waals surface area contributed by atoms with Crippen LogP contribution in [0.25, 0.3) is 5.53 Å². The van der Waals surface area contributed by atoms with E-state index in [1.165, 1.54) is 0 Å². The van der Waals surface area contributed by atoms with Crippen molar-refractivity contribution in [3.63, 3.8) is 0 Å². The first-order valence-electron chi connectivity index (χ1n) is 7.35. The highest BCUT2D eigenvalue weighted by Gasteiger charge is 2.42. The van der Waals surface area contributed by atoms with Gasteiger partial charge in [0.25, 0.3) is 17.6 Å². The third-order valence-corrected chi connectivity index (χ3v) is 3.92. The zero-order valence-electron chi connectivity index (χ0n) is 12.6. The Morgan fingerprint density at radius 2 is 1.54 bits per heavy atom. The van der Waals surface area contributed by atoms with Crippen LogP contribution in [0.2, 0.25) is 0 Å². The summed E-state index contributed by atoms with van der Waals surface area (Å²) in [5.74, 6) is -1.65. The quantitative estimate of drug-likeness (QED) is 0.364. The monoisotopic (exact) mass is 319 g/mol. The first-order valence-corrected chi connectivity index (χ1v) is 7.35. The van der Waals surface area contributed by atoms with E-state index in [0.717, 1.165) is 16.7 Å². The van der Waals surface area contributed by atoms with Crippen LogP contribution in [-0.4, -0.2) is 39.5 Å². The van der Waals surface area contributed by atoms with Gasteiger partial charge in [-0.3, -0.25) is 19.3 Å². The molecule has 0 N–H and O–H groups in total. The predicted molar refractivity (Wildman–Crippen MR) is 85.6 cm³/mol. The van der Waals surface area contributed by atoms with E-state index in [9.17, 15) is 14.4 Å². The first kappa shape index (κ1) is 15.5. The Hall–Kier alpha value is -3.37. The summed E-state index contributed by atoms with van der Waals surface area (Å²) in [4.78, 5) is 41.2. The van der Waals surface area contributed by atoms with Gasteiger partial charge in [0, 0.05) is 6.42 Å². The number of fused-ring (bicyclic) bond motifs is 1. The van der Waals surface area contributed by atoms with Gasteiger partial charge in [0.05, 0.1) is 11.1 Å². The van der Waals surface area contributed by atoms with Crippen LogP contribution in [0.1, 0.15) is 26.3 Å². The lowest BCUT2D eigenvalue weighted by molar-refractivity contribution is -0.119. The number of imide groups is 1. The van der Waals surface area contributed by atoms with Crippen LogP contribution in [0.3, 0.4) is 0 Å². The van der Waals surface area contributed by atoms with Crippen molar-refractivity contribution in [1.29, 1.82) is 0 Å². The molecule has 2 aromatic carbocycles. The molecular formula is C18H13N3O3. The summed E-state index contributed by atoms with van der Waals surface area (Å²) in [6, 6.07) is 14.4. The minimum absolute atomic E-state index is 0.150. The number of carbonyl (C=O) groups is 3. The number of hydrogen-bond acceptors (Lipinski definition) is 3. The zero-order chi connectivity index (χ0) is 17.1. The topological polar surface area (TPSA) is 90.8 Å². The Morgan fingerprint density at radius 1 is 1.00 bits per heavy atom. The highest BCUT2D eigenvalue weighted by molar-refractivity contribution is 6.31. The molecule has 6 heteroatoms. The molecule has 0 radical (unpaired) electrons. The van der Waals surface area contributed by atoms with Crippen molar-refractivity contribution in [2.24, 2.45) is 0 Å². The summed E-state index contributed by atoms with van der Waals surface area (Å²) in [7, 11) is 0. The second-order valence-corrected chi connectivity index (χ2v) is 5.38. The normalized spacial score (nSPS) is 14.1. The Labute approximate surface area is 137 Å². The SMILES string of the molecule is [N-]=[N+]=CC(=O)[C@H](Cc1ccccc1)N1C(=O)c2ccccc2C1=O. The predicted octanol–water partition coefficient (Wildman–Crippen LogP) is 1.76. The molecular weight excluding hydrogens is 306 g/mol. The molecule has 0 saturated heterocycles. The van der Waals surface area contributed by atoms with Gasteiger partial charge < -0.3 is 5.53 Å². The standard InChI is InChI=1S/C18H13N3O3/c19-20-11-16(22)15(10-12-6-2-1-3-7-12)21-17(23)13-8-4-5-9-14(13)18(21)24/h1-9,11,15H,10H2/t15-/m0/s1. The molecule has 2 amide bonds. The molecule has 2 aromatic rings. The number of ketones is 1. The van der Waals surface area contributed by atoms with Gasteiger partial charge >= 0.3 is 6.21 Å². The van der Waals surface area contributed by atoms with Gasteiger partial charge in [-0.2, -0.15) is 4.79 Å². The summed E-state index contributed by atoms with van der Waals surface area (Å²) in [6.45, 7) is 0. The summed E-state index contributed by atoms with van der Waals surface area (Å²) in [5, 5.41) is 0. The van der Waals surface area contributed by atoms with Crippen molar-refractivity contribution < 1.29 is 19.2 Å². The average Bonchev–Trinajstić information content (AvgIpc) is 2.86. The lowest BCUT2D eigenvalue weighted by atomic mass is 10.0. The molecule has 24 heavy (non-hydrogen) atoms. The van der Waals surface area contributed by atoms with Gasteiger partial charge in [-0.25, -0.2) is 0 Å². The molecule has 1 heterocycles. The molecule has 0 spiro atoms. The molecule has 1 aliphatic rings. The zero-order valence-corrected chi connectivity index (χ0v) is 12.6. The van der Waals surface area contributed by atoms with Crippen molar-refractivity contribution in [2.75, 3.05) is 0 Å². The summed E-state index contributed by atoms with van der Waals surface area (Å²) < 4.78 is 0. The Balaban J connectivity index is 2.00. The van der Waals surface area contributed by atoms with Crippen LogP contribution in [0.5, 0.6) is 0 Å². The number of hydrogen-bond donors (Lipinski definition) is 0. The molecule has 1 aliphatic heterocycles. The number of carbonyl (C=O) groups excluding carboxylic acids is 3. The fourth-order valence-corrected chi connectivity index (χ4v) is 2.79. The molecule has 0 aromatic heterocycles. The van der Waals surface area contributed by atoms with E-state index >= 15 is 0 Å². The van der Waals surface area contributed by atoms with Crippen molar-refractivity contribution in [3.8, 4) is 0 Å². The summed E-state index contributed by atoms with van der Waals surface area (Å²) >= 11 is 0. The lowest BCUT2D eigenvalue weighted by Crippen LogP contribution is -2.46. The first-order chi connectivity index (χ1) is 11.6. The Kier molecular flexibility index (Phi) is 4.14. The van der Waals surface area contributed by atoms with E-state index in [-0.39, 0.29) is 17.5 Å². The maximum atomic E-state index is 12.6. The number of Topliss-reactive ketones (excluding diaryl/α,β-unsaturated/α-hetero) is 1. The van der Waals surface area contributed by atoms with Crippen LogP contribution < -0.4 is 0 Å². The van der Waals surface area contributed by atoms with Crippen LogP contribution in [0.15, 0.2) is 54.6 Å². The molecule has 0 saturated carbocycles. The van der Waals surface area contributed by atoms with E-state index in [1.807, 2.05) is 6.07 Å². The van der Waals surface area contributed by atoms with Crippen LogP contribution in [0.4, 0.5) is 0 Å². The number of nitrogens with zero attached hydrogens (tertiary/aromatic N) is 3. The van der Waals surface area contributed by atoms with Gasteiger partial charge in [-0.1, -0.05) is 42.5 Å². The van der Waals surface area contributed by atoms with E-state index in [4.69, 9.17) is 5.53 Å². The van der Waals surface area contributed by atoms with Crippen LogP contribution in [-0.2, 0) is 11.2 Å². The second kappa shape index (κ2) is 6.40. The molecule has 0 aliphatic carbocycles. The van der Waals surface area contributed by atoms with Crippen molar-refractivity contribution in [1.82, 2.24) is 4.90 Å². The fourth-order valence-electron chi connectivity index (χ4n) is 2.79. The van der Waals surface area contributed by atoms with Gasteiger partial charge in [-0.15, -0.1) is 0 Å². The summed E-state index contributed by atoms with van der Waals surface area (Å²) in [6.07, 6.45) is 0.869. The Morgan fingerprint density at radius 3 is 2.08 bits per heavy atom. The van der Waals surface area contributed by atoms with E-state index < -0.39 is 23.6 Å². The number of benzene rings is 2. The smallest absolute Gasteiger partial charge is 0.325 e. The molecule has 0 bridgehead atoms. The third kappa shape index (κ3) is 2.66. The largest absolute Gasteiger partial charge is 0.361 e. The molecule has 0 fully saturated rings. The number of amides is 2. The van der Waals surface area contributed by atoms with E-state index in [1.54, 1.807) is 48.5 Å². The Bertz CT molecular complexity index is 835. The molecule has 1 atom stereocenters. The lowest BCUT2D eigenvalue weighted by Gasteiger charge is -2.22. The van der Waals surface area contributed by atoms with Gasteiger partial charge in [-0.05, 0) is 17.7 Å². The highest BCUT2D eigenvalue weighted by atomic mass is 16.2. The minimum Gasteiger partial charge on any atom is -0.361 e. The van der Waals surface area contributed by atoms with Crippen molar-refractivity contribution >= 4 is 23.8 Å². The molecule has 3 rings (SSSR count). The van der Waals surface area contributed by atoms with Gasteiger partial charge in [0.1, 0.15) is 6.04 Å². The molecule has 0 unspecified atom stereocenters. The van der Waals surface area contributed by atoms with Crippen LogP contribution in [0, 0.1) is 0 Å². The van der Waals surface area contributed by atoms with E-state index in [2.05, 4.69) is 4.79 Å². The van der Waals surface area contributed by atoms with E-state index in [0.29, 0.717) is 0 Å². The van der Waals surface area contributed by atoms with Crippen LogP contribution >= 0.6 is 0 Å². The van der Waals surface area contributed by atoms with Crippen molar-refractivity contribution in [2.45, 2.75) is 12.5 Å². The molecule has 118 valence electrons. The maximum absolute atomic E-state index is 12.6. The highest BCUT2D eigenvalue weighted by Crippen LogP contribution is 2.26. The maximum Gasteiger partial charge on any atom is 0.325 e. The van der Waals surface area contributed by atoms with Crippen molar-refractivity contribution in [3.05, 3.63) is 76.8 Å². The van der Waals surface area contributed by atoms with Gasteiger partial charge in [0.15, 0.2) is 0 Å². The average molecular weight is 319 g/mol. The third-order valence-electron chi connectivity index (χ3n) is 3.92. The minimum atomic E-state index is -1.06. The second-order valence-electron chi connectivity index (χ2n) is 5.38. The summed E-state index contributed by atoms with van der Waals surface area (Å²) in [5.41, 5.74) is 10.00.